The third-order valence-electron chi connectivity index (χ3n) is 0. The normalized spacial score (nSPS) is 6.44. The van der Waals surface area contributed by atoms with E-state index in [2.05, 4.69) is 0 Å². The minimum Gasteiger partial charge on any atom is -2.00 e. The molecule has 0 amide bonds. The van der Waals surface area contributed by atoms with Gasteiger partial charge < -0.3 is 22.5 Å². The van der Waals surface area contributed by atoms with Gasteiger partial charge in [0.15, 0.2) is 0 Å². The Labute approximate surface area is 88.8 Å². The van der Waals surface area contributed by atoms with Crippen LogP contribution in [0.25, 0.3) is 0 Å². The smallest absolute Gasteiger partial charge is 2.00 e. The SMILES string of the molecule is O.O=S(=O)(O)O.[Se-2].[Zn+2].[Zn+2]. The fraction of sp³-hybridized carbons (Fsp3) is 0. The predicted molar refractivity (Wildman–Crippen MR) is 23.5 cm³/mol. The van der Waals surface area contributed by atoms with Gasteiger partial charge in [0.25, 0.3) is 0 Å². The first-order valence-corrected chi connectivity index (χ1v) is 2.10. The number of rotatable bonds is 0. The van der Waals surface area contributed by atoms with E-state index in [-0.39, 0.29) is 61.5 Å². The van der Waals surface area contributed by atoms with E-state index in [4.69, 9.17) is 17.5 Å². The minimum absolute atomic E-state index is 0. The molecule has 4 N–H and O–H groups in total. The maximum absolute atomic E-state index is 8.74. The van der Waals surface area contributed by atoms with Crippen molar-refractivity contribution in [3.05, 3.63) is 0 Å². The van der Waals surface area contributed by atoms with Crippen LogP contribution in [0.3, 0.4) is 0 Å². The van der Waals surface area contributed by atoms with Crippen LogP contribution in [-0.4, -0.2) is 40.1 Å². The van der Waals surface area contributed by atoms with Gasteiger partial charge in [0.2, 0.25) is 0 Å². The first-order chi connectivity index (χ1) is 2.00. The van der Waals surface area contributed by atoms with Crippen molar-refractivity contribution in [2.75, 3.05) is 0 Å². The third-order valence-corrected chi connectivity index (χ3v) is 0. The topological polar surface area (TPSA) is 106 Å². The van der Waals surface area contributed by atoms with Crippen LogP contribution in [0.1, 0.15) is 0 Å². The van der Waals surface area contributed by atoms with Crippen molar-refractivity contribution in [2.45, 2.75) is 0 Å². The molecule has 0 saturated carbocycles. The van der Waals surface area contributed by atoms with Gasteiger partial charge in [0.1, 0.15) is 0 Å². The van der Waals surface area contributed by atoms with E-state index < -0.39 is 10.4 Å². The van der Waals surface area contributed by atoms with Gasteiger partial charge >= 0.3 is 49.4 Å². The van der Waals surface area contributed by atoms with Crippen LogP contribution in [0, 0.1) is 0 Å². The molecule has 9 heteroatoms. The Morgan fingerprint density at radius 3 is 1.00 bits per heavy atom. The maximum atomic E-state index is 8.74. The molecule has 0 aliphatic heterocycles. The molecule has 0 radical (unpaired) electrons. The van der Waals surface area contributed by atoms with Gasteiger partial charge in [0.05, 0.1) is 0 Å². The molecule has 0 aromatic heterocycles. The summed E-state index contributed by atoms with van der Waals surface area (Å²) in [7, 11) is -4.67. The maximum Gasteiger partial charge on any atom is 2.00 e. The Bertz CT molecular complexity index is 98.1. The summed E-state index contributed by atoms with van der Waals surface area (Å²) in [6, 6.07) is 0. The van der Waals surface area contributed by atoms with Crippen molar-refractivity contribution >= 4 is 27.5 Å². The number of hydrogen-bond donors (Lipinski definition) is 2. The van der Waals surface area contributed by atoms with Gasteiger partial charge in [-0.25, -0.2) is 0 Å². The molecule has 0 spiro atoms. The average Bonchev–Trinajstić information content (AvgIpc) is 0.722. The van der Waals surface area contributed by atoms with Gasteiger partial charge in [-0.05, 0) is 0 Å². The van der Waals surface area contributed by atoms with Crippen LogP contribution < -0.4 is 0 Å². The summed E-state index contributed by atoms with van der Waals surface area (Å²) in [4.78, 5) is 0. The Balaban J connectivity index is -0.0000000133. The molecule has 0 saturated heterocycles. The monoisotopic (exact) mass is 324 g/mol. The van der Waals surface area contributed by atoms with Crippen molar-refractivity contribution in [3.8, 4) is 0 Å². The second-order valence-electron chi connectivity index (χ2n) is 0.448. The fourth-order valence-electron chi connectivity index (χ4n) is 0. The van der Waals surface area contributed by atoms with Crippen LogP contribution in [0.4, 0.5) is 0 Å². The van der Waals surface area contributed by atoms with Crippen molar-refractivity contribution in [1.82, 2.24) is 0 Å². The molecular formula is H4O5SSeZn2+2. The van der Waals surface area contributed by atoms with Gasteiger partial charge in [-0.3, -0.25) is 9.11 Å². The predicted octanol–water partition coefficient (Wildman–Crippen LogP) is -1.86. The molecule has 0 heterocycles. The van der Waals surface area contributed by atoms with E-state index in [1.165, 1.54) is 0 Å². The zero-order valence-corrected chi connectivity index (χ0v) is 12.9. The molecule has 0 bridgehead atoms. The zero-order valence-electron chi connectivity index (χ0n) is 4.44. The second kappa shape index (κ2) is 12.3. The summed E-state index contributed by atoms with van der Waals surface area (Å²) in [6.07, 6.45) is 0. The standard InChI is InChI=1S/H2O4S.H2O.Se.2Zn/c1-5(2,3)4;;;;/h(H2,1,2,3,4);1H2;;;/q;;-2;2*+2. The summed E-state index contributed by atoms with van der Waals surface area (Å²) in [5.74, 6) is 0. The van der Waals surface area contributed by atoms with Gasteiger partial charge in [-0.15, -0.1) is 0 Å². The Kier molecular flexibility index (Phi) is 42.5. The third kappa shape index (κ3) is 217. The second-order valence-corrected chi connectivity index (χ2v) is 1.34. The van der Waals surface area contributed by atoms with E-state index >= 15 is 0 Å². The van der Waals surface area contributed by atoms with Gasteiger partial charge in [0, 0.05) is 0 Å². The molecule has 0 unspecified atom stereocenters. The Morgan fingerprint density at radius 2 is 1.00 bits per heavy atom. The van der Waals surface area contributed by atoms with Crippen molar-refractivity contribution in [3.63, 3.8) is 0 Å². The summed E-state index contributed by atoms with van der Waals surface area (Å²) in [5.41, 5.74) is 0. The molecule has 0 atom stereocenters. The van der Waals surface area contributed by atoms with Gasteiger partial charge in [-0.2, -0.15) is 8.42 Å². The summed E-state index contributed by atoms with van der Waals surface area (Å²) >= 11 is 0. The first kappa shape index (κ1) is 31.2. The Morgan fingerprint density at radius 1 is 1.00 bits per heavy atom. The summed E-state index contributed by atoms with van der Waals surface area (Å²) in [6.45, 7) is 0. The summed E-state index contributed by atoms with van der Waals surface area (Å²) in [5, 5.41) is 0. The molecule has 5 nitrogen and oxygen atoms in total. The van der Waals surface area contributed by atoms with E-state index in [1.54, 1.807) is 0 Å². The van der Waals surface area contributed by atoms with Crippen LogP contribution in [0.5, 0.6) is 0 Å². The molecule has 48 valence electrons. The van der Waals surface area contributed by atoms with Crippen LogP contribution in [0.15, 0.2) is 0 Å². The van der Waals surface area contributed by atoms with Crippen LogP contribution in [-0.2, 0) is 49.4 Å². The van der Waals surface area contributed by atoms with Crippen molar-refractivity contribution in [1.29, 1.82) is 0 Å². The largest absolute Gasteiger partial charge is 2.00 e. The minimum atomic E-state index is -4.67. The van der Waals surface area contributed by atoms with Crippen LogP contribution in [0.2, 0.25) is 0 Å². The molecule has 9 heavy (non-hydrogen) atoms. The number of hydrogen-bond acceptors (Lipinski definition) is 2. The van der Waals surface area contributed by atoms with Gasteiger partial charge in [-0.1, -0.05) is 0 Å². The molecule has 0 fully saturated rings. The zero-order chi connectivity index (χ0) is 4.50. The first-order valence-electron chi connectivity index (χ1n) is 0.698. The van der Waals surface area contributed by atoms with E-state index in [1.807, 2.05) is 0 Å². The van der Waals surface area contributed by atoms with Crippen molar-refractivity contribution < 1.29 is 62.0 Å². The molecule has 0 aliphatic carbocycles. The molecule has 0 aromatic carbocycles. The van der Waals surface area contributed by atoms with E-state index in [9.17, 15) is 0 Å². The van der Waals surface area contributed by atoms with E-state index in [0.717, 1.165) is 0 Å². The fourth-order valence-corrected chi connectivity index (χ4v) is 0. The van der Waals surface area contributed by atoms with Crippen molar-refractivity contribution in [2.24, 2.45) is 0 Å². The Hall–Kier alpha value is 1.60. The quantitative estimate of drug-likeness (QED) is 0.402. The average molecular weight is 326 g/mol. The molecule has 0 rings (SSSR count). The molecule has 0 aromatic rings. The molecular weight excluding hydrogens is 322 g/mol. The summed E-state index contributed by atoms with van der Waals surface area (Å²) < 4.78 is 31.6. The van der Waals surface area contributed by atoms with Crippen LogP contribution >= 0.6 is 0 Å². The molecule has 0 aliphatic rings. The van der Waals surface area contributed by atoms with E-state index in [0.29, 0.717) is 0 Å².